The summed E-state index contributed by atoms with van der Waals surface area (Å²) in [6, 6.07) is 0.142. The van der Waals surface area contributed by atoms with Crippen LogP contribution in [-0.4, -0.2) is 31.0 Å². The van der Waals surface area contributed by atoms with Crippen LogP contribution >= 0.6 is 0 Å². The van der Waals surface area contributed by atoms with E-state index in [2.05, 4.69) is 15.6 Å². The molecule has 0 rings (SSSR count). The second kappa shape index (κ2) is 6.28. The molecule has 0 aliphatic carbocycles. The molecule has 0 aliphatic heterocycles. The van der Waals surface area contributed by atoms with E-state index in [9.17, 15) is 4.79 Å². The maximum Gasteiger partial charge on any atom is 0.242 e. The number of amides is 1. The number of hydrogen-bond donors (Lipinski definition) is 3. The molecule has 0 spiro atoms. The molecule has 76 valence electrons. The highest BCUT2D eigenvalue weighted by molar-refractivity contribution is 5.83. The number of carbonyl (C=O) groups is 1. The van der Waals surface area contributed by atoms with Crippen molar-refractivity contribution in [3.63, 3.8) is 0 Å². The Hall–Kier alpha value is -1.26. The molecule has 0 saturated carbocycles. The van der Waals surface area contributed by atoms with Gasteiger partial charge in [-0.1, -0.05) is 0 Å². The molecule has 0 unspecified atom stereocenters. The van der Waals surface area contributed by atoms with E-state index >= 15 is 0 Å². The van der Waals surface area contributed by atoms with Crippen LogP contribution in [-0.2, 0) is 4.79 Å². The van der Waals surface area contributed by atoms with Crippen LogP contribution in [0.4, 0.5) is 0 Å². The van der Waals surface area contributed by atoms with Gasteiger partial charge in [0.2, 0.25) is 5.91 Å². The summed E-state index contributed by atoms with van der Waals surface area (Å²) in [4.78, 5) is 14.9. The first-order chi connectivity index (χ1) is 6.06. The van der Waals surface area contributed by atoms with Crippen LogP contribution in [0.1, 0.15) is 20.8 Å². The van der Waals surface area contributed by atoms with Crippen molar-refractivity contribution in [3.05, 3.63) is 0 Å². The molecule has 5 nitrogen and oxygen atoms in total. The summed E-state index contributed by atoms with van der Waals surface area (Å²) in [7, 11) is 0. The van der Waals surface area contributed by atoms with Crippen LogP contribution in [0.3, 0.4) is 0 Å². The van der Waals surface area contributed by atoms with E-state index in [1.54, 1.807) is 0 Å². The first-order valence-corrected chi connectivity index (χ1v) is 4.39. The average Bonchev–Trinajstić information content (AvgIpc) is 2.00. The van der Waals surface area contributed by atoms with E-state index in [1.807, 2.05) is 20.8 Å². The molecule has 0 fully saturated rings. The van der Waals surface area contributed by atoms with E-state index in [-0.39, 0.29) is 18.5 Å². The molecule has 4 N–H and O–H groups in total. The lowest BCUT2D eigenvalue weighted by Crippen LogP contribution is -2.35. The third kappa shape index (κ3) is 7.11. The Morgan fingerprint density at radius 2 is 2.15 bits per heavy atom. The Morgan fingerprint density at radius 1 is 1.54 bits per heavy atom. The molecule has 0 saturated heterocycles. The fraction of sp³-hybridized carbons (Fsp3) is 0.750. The van der Waals surface area contributed by atoms with Crippen LogP contribution in [0.5, 0.6) is 0 Å². The molecule has 0 aromatic heterocycles. The summed E-state index contributed by atoms with van der Waals surface area (Å²) in [6.07, 6.45) is 0. The Balaban J connectivity index is 3.73. The van der Waals surface area contributed by atoms with Crippen LogP contribution < -0.4 is 16.4 Å². The Morgan fingerprint density at radius 3 is 2.62 bits per heavy atom. The average molecular weight is 186 g/mol. The quantitative estimate of drug-likeness (QED) is 0.406. The summed E-state index contributed by atoms with van der Waals surface area (Å²) in [5, 5.41) is 5.51. The van der Waals surface area contributed by atoms with Gasteiger partial charge in [0, 0.05) is 12.6 Å². The molecule has 0 atom stereocenters. The van der Waals surface area contributed by atoms with E-state index in [1.165, 1.54) is 0 Å². The molecule has 13 heavy (non-hydrogen) atoms. The Labute approximate surface area is 78.8 Å². The number of carbonyl (C=O) groups excluding carboxylic acids is 1. The second-order valence-electron chi connectivity index (χ2n) is 2.95. The van der Waals surface area contributed by atoms with Gasteiger partial charge in [0.25, 0.3) is 0 Å². The topological polar surface area (TPSA) is 79.5 Å². The number of nitrogens with one attached hydrogen (secondary N) is 2. The number of guanidine groups is 1. The third-order valence-electron chi connectivity index (χ3n) is 1.20. The molecule has 5 heteroatoms. The highest BCUT2D eigenvalue weighted by atomic mass is 16.1. The van der Waals surface area contributed by atoms with Crippen molar-refractivity contribution >= 4 is 11.9 Å². The molecular weight excluding hydrogens is 168 g/mol. The van der Waals surface area contributed by atoms with E-state index in [0.717, 1.165) is 0 Å². The minimum absolute atomic E-state index is 0.0804. The van der Waals surface area contributed by atoms with Crippen molar-refractivity contribution in [2.75, 3.05) is 13.1 Å². The predicted octanol–water partition coefficient (Wildman–Crippen LogP) is -0.565. The SMILES string of the molecule is CCNC(N)=NCC(=O)NC(C)C. The lowest BCUT2D eigenvalue weighted by atomic mass is 10.4. The van der Waals surface area contributed by atoms with E-state index < -0.39 is 0 Å². The third-order valence-corrected chi connectivity index (χ3v) is 1.20. The van der Waals surface area contributed by atoms with Gasteiger partial charge in [0.1, 0.15) is 6.54 Å². The second-order valence-corrected chi connectivity index (χ2v) is 2.95. The zero-order chi connectivity index (χ0) is 10.3. The molecule has 0 heterocycles. The maximum absolute atomic E-state index is 11.1. The summed E-state index contributed by atoms with van der Waals surface area (Å²) >= 11 is 0. The summed E-state index contributed by atoms with van der Waals surface area (Å²) in [6.45, 7) is 6.50. The zero-order valence-electron chi connectivity index (χ0n) is 8.42. The van der Waals surface area contributed by atoms with Crippen molar-refractivity contribution in [1.29, 1.82) is 0 Å². The molecule has 0 radical (unpaired) electrons. The minimum atomic E-state index is -0.115. The lowest BCUT2D eigenvalue weighted by Gasteiger charge is -2.06. The monoisotopic (exact) mass is 186 g/mol. The van der Waals surface area contributed by atoms with Crippen molar-refractivity contribution in [2.24, 2.45) is 10.7 Å². The number of nitrogens with two attached hydrogens (primary N) is 1. The van der Waals surface area contributed by atoms with Gasteiger partial charge in [-0.3, -0.25) is 4.79 Å². The van der Waals surface area contributed by atoms with Crippen LogP contribution in [0.2, 0.25) is 0 Å². The first-order valence-electron chi connectivity index (χ1n) is 4.39. The smallest absolute Gasteiger partial charge is 0.242 e. The fourth-order valence-corrected chi connectivity index (χ4v) is 0.762. The van der Waals surface area contributed by atoms with Crippen molar-refractivity contribution < 1.29 is 4.79 Å². The van der Waals surface area contributed by atoms with Gasteiger partial charge in [-0.25, -0.2) is 4.99 Å². The van der Waals surface area contributed by atoms with Gasteiger partial charge in [-0.2, -0.15) is 0 Å². The highest BCUT2D eigenvalue weighted by Gasteiger charge is 2.01. The van der Waals surface area contributed by atoms with Crippen LogP contribution in [0.15, 0.2) is 4.99 Å². The molecule has 1 amide bonds. The summed E-state index contributed by atoms with van der Waals surface area (Å²) in [5.74, 6) is 0.192. The number of hydrogen-bond acceptors (Lipinski definition) is 2. The first kappa shape index (κ1) is 11.7. The largest absolute Gasteiger partial charge is 0.370 e. The van der Waals surface area contributed by atoms with Crippen molar-refractivity contribution in [1.82, 2.24) is 10.6 Å². The lowest BCUT2D eigenvalue weighted by molar-refractivity contribution is -0.120. The standard InChI is InChI=1S/C8H18N4O/c1-4-10-8(9)11-5-7(13)12-6(2)3/h6H,4-5H2,1-3H3,(H,12,13)(H3,9,10,11). The van der Waals surface area contributed by atoms with Crippen molar-refractivity contribution in [2.45, 2.75) is 26.8 Å². The normalized spacial score (nSPS) is 11.5. The predicted molar refractivity (Wildman–Crippen MR) is 53.4 cm³/mol. The summed E-state index contributed by atoms with van der Waals surface area (Å²) < 4.78 is 0. The van der Waals surface area contributed by atoms with Gasteiger partial charge < -0.3 is 16.4 Å². The van der Waals surface area contributed by atoms with Crippen molar-refractivity contribution in [3.8, 4) is 0 Å². The Kier molecular flexibility index (Phi) is 5.67. The van der Waals surface area contributed by atoms with Gasteiger partial charge in [0.15, 0.2) is 5.96 Å². The van der Waals surface area contributed by atoms with Crippen LogP contribution in [0.25, 0.3) is 0 Å². The fourth-order valence-electron chi connectivity index (χ4n) is 0.762. The molecule has 0 aliphatic rings. The number of rotatable bonds is 4. The number of nitrogens with zero attached hydrogens (tertiary/aromatic N) is 1. The van der Waals surface area contributed by atoms with Gasteiger partial charge in [-0.15, -0.1) is 0 Å². The van der Waals surface area contributed by atoms with E-state index in [0.29, 0.717) is 12.5 Å². The number of aliphatic imine (C=N–C) groups is 1. The van der Waals surface area contributed by atoms with Gasteiger partial charge >= 0.3 is 0 Å². The molecular formula is C8H18N4O. The summed E-state index contributed by atoms with van der Waals surface area (Å²) in [5.41, 5.74) is 5.42. The zero-order valence-corrected chi connectivity index (χ0v) is 8.42. The molecule has 0 aromatic rings. The molecule has 0 bridgehead atoms. The van der Waals surface area contributed by atoms with Gasteiger partial charge in [0.05, 0.1) is 0 Å². The maximum atomic E-state index is 11.1. The molecule has 0 aromatic carbocycles. The highest BCUT2D eigenvalue weighted by Crippen LogP contribution is 1.78. The Bertz CT molecular complexity index is 189. The van der Waals surface area contributed by atoms with Crippen LogP contribution in [0, 0.1) is 0 Å². The van der Waals surface area contributed by atoms with E-state index in [4.69, 9.17) is 5.73 Å². The van der Waals surface area contributed by atoms with Gasteiger partial charge in [-0.05, 0) is 20.8 Å². The minimum Gasteiger partial charge on any atom is -0.370 e.